The molecule has 1 heterocycles. The number of ether oxygens (including phenoxy) is 1. The summed E-state index contributed by atoms with van der Waals surface area (Å²) in [6.45, 7) is 2.12. The predicted octanol–water partition coefficient (Wildman–Crippen LogP) is 5.27. The Labute approximate surface area is 165 Å². The molecule has 0 atom stereocenters. The van der Waals surface area contributed by atoms with Gasteiger partial charge in [0, 0.05) is 38.0 Å². The Morgan fingerprint density at radius 2 is 1.97 bits per heavy atom. The Balaban J connectivity index is 0.00000256. The summed E-state index contributed by atoms with van der Waals surface area (Å²) in [5.41, 5.74) is 1.89. The van der Waals surface area contributed by atoms with Gasteiger partial charge < -0.3 is 10.1 Å². The van der Waals surface area contributed by atoms with Crippen LogP contribution in [0.25, 0.3) is 5.69 Å². The number of anilines is 2. The molecular formula is C20H20F4N4O. The van der Waals surface area contributed by atoms with Gasteiger partial charge in [0.25, 0.3) is 0 Å². The van der Waals surface area contributed by atoms with Gasteiger partial charge in [-0.25, -0.2) is 22.2 Å². The second-order valence-corrected chi connectivity index (χ2v) is 7.21. The maximum absolute atomic E-state index is 13.4. The number of hydrogen-bond acceptors (Lipinski definition) is 4. The third-order valence-electron chi connectivity index (χ3n) is 4.63. The van der Waals surface area contributed by atoms with Crippen LogP contribution in [0.1, 0.15) is 19.8 Å². The molecule has 0 radical (unpaired) electrons. The van der Waals surface area contributed by atoms with E-state index in [2.05, 4.69) is 15.4 Å². The number of benzene rings is 2. The lowest BCUT2D eigenvalue weighted by molar-refractivity contribution is -0.119. The minimum atomic E-state index is -2.56. The number of aryl methyl sites for hydroxylation is 1. The number of alkyl halides is 2. The summed E-state index contributed by atoms with van der Waals surface area (Å²) in [6, 6.07) is 8.82. The summed E-state index contributed by atoms with van der Waals surface area (Å²) < 4.78 is 59.3. The maximum Gasteiger partial charge on any atom is 0.248 e. The molecule has 0 spiro atoms. The molecule has 5 nitrogen and oxygen atoms in total. The molecule has 1 N–H and O–H groups in total. The van der Waals surface area contributed by atoms with Crippen LogP contribution in [0.5, 0.6) is 5.75 Å². The second-order valence-electron chi connectivity index (χ2n) is 7.21. The molecule has 0 amide bonds. The van der Waals surface area contributed by atoms with Gasteiger partial charge in [0.15, 0.2) is 11.6 Å². The fourth-order valence-electron chi connectivity index (χ4n) is 3.22. The van der Waals surface area contributed by atoms with E-state index in [-0.39, 0.29) is 32.7 Å². The van der Waals surface area contributed by atoms with Crippen molar-refractivity contribution >= 4 is 11.6 Å². The Bertz CT molecular complexity index is 1040. The highest BCUT2D eigenvalue weighted by Crippen LogP contribution is 2.42. The van der Waals surface area contributed by atoms with Crippen LogP contribution in [-0.2, 0) is 0 Å². The smallest absolute Gasteiger partial charge is 0.248 e. The average molecular weight is 408 g/mol. The van der Waals surface area contributed by atoms with Crippen molar-refractivity contribution in [3.63, 3.8) is 0 Å². The van der Waals surface area contributed by atoms with E-state index in [1.54, 1.807) is 6.07 Å². The molecule has 1 aliphatic carbocycles. The van der Waals surface area contributed by atoms with E-state index in [0.29, 0.717) is 17.1 Å². The van der Waals surface area contributed by atoms with Crippen LogP contribution < -0.4 is 10.1 Å². The zero-order chi connectivity index (χ0) is 20.6. The highest BCUT2D eigenvalue weighted by molar-refractivity contribution is 5.57. The fourth-order valence-corrected chi connectivity index (χ4v) is 3.22. The standard InChI is InChI=1S/C20H18F4N4O.H2/c1-12-4-14(6-16(5-12)29-10-13-8-20(23,24)9-13)26-19-25-11-28(27-19)15-2-3-17(21)18(22)7-15;/h2-7,11,13H,8-10H2,1H3,(H,26,27);1H. The van der Waals surface area contributed by atoms with E-state index < -0.39 is 17.6 Å². The second kappa shape index (κ2) is 7.38. The molecule has 0 unspecified atom stereocenters. The Kier molecular flexibility index (Phi) is 4.89. The van der Waals surface area contributed by atoms with E-state index in [1.807, 2.05) is 19.1 Å². The summed E-state index contributed by atoms with van der Waals surface area (Å²) in [6.07, 6.45) is 1.09. The first-order valence-corrected chi connectivity index (χ1v) is 9.04. The highest BCUT2D eigenvalue weighted by atomic mass is 19.3. The molecule has 2 aromatic carbocycles. The van der Waals surface area contributed by atoms with Crippen LogP contribution in [0.15, 0.2) is 42.7 Å². The number of halogens is 4. The summed E-state index contributed by atoms with van der Waals surface area (Å²) in [7, 11) is 0. The van der Waals surface area contributed by atoms with Gasteiger partial charge in [-0.1, -0.05) is 0 Å². The quantitative estimate of drug-likeness (QED) is 0.565. The topological polar surface area (TPSA) is 52.0 Å². The number of rotatable bonds is 6. The van der Waals surface area contributed by atoms with Crippen molar-refractivity contribution < 1.29 is 23.7 Å². The third-order valence-corrected chi connectivity index (χ3v) is 4.63. The average Bonchev–Trinajstić information content (AvgIpc) is 3.08. The fraction of sp³-hybridized carbons (Fsp3) is 0.300. The Morgan fingerprint density at radius 3 is 2.69 bits per heavy atom. The van der Waals surface area contributed by atoms with E-state index in [4.69, 9.17) is 4.74 Å². The first-order chi connectivity index (χ1) is 13.8. The molecule has 1 aromatic heterocycles. The van der Waals surface area contributed by atoms with Crippen molar-refractivity contribution in [2.75, 3.05) is 11.9 Å². The van der Waals surface area contributed by atoms with Gasteiger partial charge >= 0.3 is 0 Å². The third kappa shape index (κ3) is 4.49. The van der Waals surface area contributed by atoms with Gasteiger partial charge in [-0.15, -0.1) is 5.10 Å². The largest absolute Gasteiger partial charge is 0.493 e. The predicted molar refractivity (Wildman–Crippen MR) is 101 cm³/mol. The van der Waals surface area contributed by atoms with Crippen LogP contribution in [-0.4, -0.2) is 27.3 Å². The van der Waals surface area contributed by atoms with E-state index in [0.717, 1.165) is 17.7 Å². The summed E-state index contributed by atoms with van der Waals surface area (Å²) >= 11 is 0. The molecule has 0 saturated heterocycles. The molecule has 1 fully saturated rings. The van der Waals surface area contributed by atoms with E-state index in [1.165, 1.54) is 17.1 Å². The van der Waals surface area contributed by atoms with Crippen LogP contribution in [0.3, 0.4) is 0 Å². The molecule has 0 aliphatic heterocycles. The van der Waals surface area contributed by atoms with Crippen LogP contribution in [0.2, 0.25) is 0 Å². The number of nitrogens with zero attached hydrogens (tertiary/aromatic N) is 3. The summed E-state index contributed by atoms with van der Waals surface area (Å²) in [5.74, 6) is -3.81. The molecule has 154 valence electrons. The molecule has 0 bridgehead atoms. The van der Waals surface area contributed by atoms with Crippen molar-refractivity contribution in [3.8, 4) is 11.4 Å². The lowest BCUT2D eigenvalue weighted by Crippen LogP contribution is -2.38. The van der Waals surface area contributed by atoms with Crippen molar-refractivity contribution in [3.05, 3.63) is 59.9 Å². The first kappa shape index (κ1) is 19.2. The van der Waals surface area contributed by atoms with Crippen molar-refractivity contribution in [1.29, 1.82) is 0 Å². The normalized spacial score (nSPS) is 15.8. The molecular weight excluding hydrogens is 388 g/mol. The van der Waals surface area contributed by atoms with Crippen LogP contribution in [0, 0.1) is 24.5 Å². The molecule has 9 heteroatoms. The summed E-state index contributed by atoms with van der Waals surface area (Å²) in [5, 5.41) is 7.22. The molecule has 29 heavy (non-hydrogen) atoms. The highest BCUT2D eigenvalue weighted by Gasteiger charge is 2.45. The minimum absolute atomic E-state index is 0. The van der Waals surface area contributed by atoms with Crippen molar-refractivity contribution in [2.45, 2.75) is 25.7 Å². The maximum atomic E-state index is 13.4. The Hall–Kier alpha value is -3.10. The monoisotopic (exact) mass is 408 g/mol. The molecule has 3 aromatic rings. The minimum Gasteiger partial charge on any atom is -0.493 e. The van der Waals surface area contributed by atoms with Gasteiger partial charge in [0.05, 0.1) is 12.3 Å². The first-order valence-electron chi connectivity index (χ1n) is 9.04. The van der Waals surface area contributed by atoms with Gasteiger partial charge in [-0.3, -0.25) is 0 Å². The SMILES string of the molecule is Cc1cc(Nc2ncn(-c3ccc(F)c(F)c3)n2)cc(OCC2CC(F)(F)C2)c1.[HH]. The zero-order valence-corrected chi connectivity index (χ0v) is 15.5. The number of nitrogens with one attached hydrogen (secondary N) is 1. The molecule has 1 aliphatic rings. The zero-order valence-electron chi connectivity index (χ0n) is 15.5. The lowest BCUT2D eigenvalue weighted by atomic mass is 9.82. The number of aromatic nitrogens is 3. The van der Waals surface area contributed by atoms with Gasteiger partial charge in [-0.05, 0) is 36.8 Å². The molecule has 1 saturated carbocycles. The summed E-state index contributed by atoms with van der Waals surface area (Å²) in [4.78, 5) is 4.11. The van der Waals surface area contributed by atoms with Crippen molar-refractivity contribution in [1.82, 2.24) is 14.8 Å². The Morgan fingerprint density at radius 1 is 1.17 bits per heavy atom. The van der Waals surface area contributed by atoms with Crippen LogP contribution in [0.4, 0.5) is 29.2 Å². The lowest BCUT2D eigenvalue weighted by Gasteiger charge is -2.34. The van der Waals surface area contributed by atoms with Gasteiger partial charge in [-0.2, -0.15) is 4.98 Å². The van der Waals surface area contributed by atoms with Gasteiger partial charge in [0.1, 0.15) is 12.1 Å². The van der Waals surface area contributed by atoms with E-state index >= 15 is 0 Å². The van der Waals surface area contributed by atoms with E-state index in [9.17, 15) is 17.6 Å². The van der Waals surface area contributed by atoms with Crippen molar-refractivity contribution in [2.24, 2.45) is 5.92 Å². The molecule has 4 rings (SSSR count). The van der Waals surface area contributed by atoms with Crippen LogP contribution >= 0.6 is 0 Å². The number of hydrogen-bond donors (Lipinski definition) is 1. The van der Waals surface area contributed by atoms with Gasteiger partial charge in [0.2, 0.25) is 11.9 Å².